The molecule has 0 heterocycles. The summed E-state index contributed by atoms with van der Waals surface area (Å²) in [7, 11) is 0. The van der Waals surface area contributed by atoms with Gasteiger partial charge in [0.1, 0.15) is 12.4 Å². The molecule has 0 spiro atoms. The van der Waals surface area contributed by atoms with Gasteiger partial charge in [-0.15, -0.1) is 0 Å². The zero-order valence-electron chi connectivity index (χ0n) is 22.9. The molecule has 0 fully saturated rings. The highest BCUT2D eigenvalue weighted by molar-refractivity contribution is 5.27. The molecule has 5 nitrogen and oxygen atoms in total. The van der Waals surface area contributed by atoms with Crippen molar-refractivity contribution in [3.8, 4) is 5.75 Å². The van der Waals surface area contributed by atoms with Crippen LogP contribution in [0.25, 0.3) is 0 Å². The number of ether oxygens (including phenoxy) is 5. The van der Waals surface area contributed by atoms with Crippen molar-refractivity contribution >= 4 is 0 Å². The van der Waals surface area contributed by atoms with Crippen molar-refractivity contribution in [2.45, 2.75) is 97.3 Å². The van der Waals surface area contributed by atoms with Crippen LogP contribution in [0.4, 0.5) is 0 Å². The van der Waals surface area contributed by atoms with Crippen LogP contribution in [0.5, 0.6) is 5.75 Å². The van der Waals surface area contributed by atoms with Crippen LogP contribution in [-0.4, -0.2) is 59.5 Å². The van der Waals surface area contributed by atoms with E-state index in [1.165, 1.54) is 76.2 Å². The molecule has 204 valence electrons. The Morgan fingerprint density at radius 2 is 0.857 bits per heavy atom. The summed E-state index contributed by atoms with van der Waals surface area (Å²) in [5.74, 6) is 0.907. The molecule has 0 aliphatic rings. The summed E-state index contributed by atoms with van der Waals surface area (Å²) in [4.78, 5) is 0. The Hall–Kier alpha value is -1.14. The fourth-order valence-electron chi connectivity index (χ4n) is 3.83. The summed E-state index contributed by atoms with van der Waals surface area (Å²) in [5, 5.41) is 0. The van der Waals surface area contributed by atoms with Gasteiger partial charge in [0.2, 0.25) is 0 Å². The van der Waals surface area contributed by atoms with Crippen LogP contribution < -0.4 is 4.74 Å². The van der Waals surface area contributed by atoms with Crippen molar-refractivity contribution in [3.05, 3.63) is 29.8 Å². The standard InChI is InChI=1S/C30H54O5/c1-3-5-7-9-11-13-15-29-16-18-30(19-17-29)35-28-27-34-26-25-33-24-23-32-22-21-31-20-14-12-10-8-6-4-2/h16-19H,3-15,20-28H2,1-2H3. The average molecular weight is 495 g/mol. The van der Waals surface area contributed by atoms with Crippen molar-refractivity contribution < 1.29 is 23.7 Å². The molecule has 1 aromatic rings. The third-order valence-electron chi connectivity index (χ3n) is 6.00. The first kappa shape index (κ1) is 31.9. The van der Waals surface area contributed by atoms with Crippen LogP contribution in [0.15, 0.2) is 24.3 Å². The van der Waals surface area contributed by atoms with Crippen LogP contribution in [0, 0.1) is 0 Å². The first-order valence-corrected chi connectivity index (χ1v) is 14.4. The zero-order chi connectivity index (χ0) is 25.1. The highest BCUT2D eigenvalue weighted by Crippen LogP contribution is 2.15. The second kappa shape index (κ2) is 25.9. The third-order valence-corrected chi connectivity index (χ3v) is 6.00. The molecule has 0 bridgehead atoms. The van der Waals surface area contributed by atoms with E-state index in [-0.39, 0.29) is 0 Å². The Labute approximate surface area is 216 Å². The van der Waals surface area contributed by atoms with Gasteiger partial charge in [-0.2, -0.15) is 0 Å². The molecule has 0 aliphatic carbocycles. The Morgan fingerprint density at radius 1 is 0.429 bits per heavy atom. The lowest BCUT2D eigenvalue weighted by Crippen LogP contribution is -2.13. The van der Waals surface area contributed by atoms with Gasteiger partial charge in [0, 0.05) is 6.61 Å². The van der Waals surface area contributed by atoms with Crippen molar-refractivity contribution in [3.63, 3.8) is 0 Å². The lowest BCUT2D eigenvalue weighted by molar-refractivity contribution is -0.00487. The molecular formula is C30H54O5. The summed E-state index contributed by atoms with van der Waals surface area (Å²) in [5.41, 5.74) is 1.39. The molecule has 0 amide bonds. The molecule has 0 saturated heterocycles. The minimum atomic E-state index is 0.554. The molecule has 1 rings (SSSR count). The van der Waals surface area contributed by atoms with E-state index in [9.17, 15) is 0 Å². The SMILES string of the molecule is CCCCCCCCOCCOCCOCCOCCOc1ccc(CCCCCCCC)cc1. The summed E-state index contributed by atoms with van der Waals surface area (Å²) >= 11 is 0. The van der Waals surface area contributed by atoms with Crippen molar-refractivity contribution in [1.29, 1.82) is 0 Å². The fraction of sp³-hybridized carbons (Fsp3) is 0.800. The maximum Gasteiger partial charge on any atom is 0.119 e. The van der Waals surface area contributed by atoms with Crippen molar-refractivity contribution in [1.82, 2.24) is 0 Å². The molecule has 0 unspecified atom stereocenters. The minimum Gasteiger partial charge on any atom is -0.491 e. The highest BCUT2D eigenvalue weighted by atomic mass is 16.6. The van der Waals surface area contributed by atoms with Crippen LogP contribution in [0.2, 0.25) is 0 Å². The third kappa shape index (κ3) is 21.8. The number of aryl methyl sites for hydroxylation is 1. The number of hydrogen-bond acceptors (Lipinski definition) is 5. The summed E-state index contributed by atoms with van der Waals surface area (Å²) < 4.78 is 28.0. The van der Waals surface area contributed by atoms with Gasteiger partial charge < -0.3 is 23.7 Å². The molecule has 5 heteroatoms. The highest BCUT2D eigenvalue weighted by Gasteiger charge is 1.98. The van der Waals surface area contributed by atoms with E-state index in [0.717, 1.165) is 25.2 Å². The Balaban J connectivity index is 1.80. The second-order valence-electron chi connectivity index (χ2n) is 9.23. The van der Waals surface area contributed by atoms with Crippen LogP contribution in [0.1, 0.15) is 96.5 Å². The number of hydrogen-bond donors (Lipinski definition) is 0. The van der Waals surface area contributed by atoms with E-state index in [2.05, 4.69) is 38.1 Å². The van der Waals surface area contributed by atoms with E-state index in [1.54, 1.807) is 0 Å². The largest absolute Gasteiger partial charge is 0.491 e. The maximum atomic E-state index is 5.76. The van der Waals surface area contributed by atoms with Crippen LogP contribution in [-0.2, 0) is 25.4 Å². The fourth-order valence-corrected chi connectivity index (χ4v) is 3.83. The van der Waals surface area contributed by atoms with E-state index in [4.69, 9.17) is 23.7 Å². The molecular weight excluding hydrogens is 440 g/mol. The monoisotopic (exact) mass is 494 g/mol. The Morgan fingerprint density at radius 3 is 1.40 bits per heavy atom. The molecule has 0 radical (unpaired) electrons. The minimum absolute atomic E-state index is 0.554. The van der Waals surface area contributed by atoms with Gasteiger partial charge >= 0.3 is 0 Å². The van der Waals surface area contributed by atoms with Crippen molar-refractivity contribution in [2.75, 3.05) is 59.5 Å². The predicted octanol–water partition coefficient (Wildman–Crippen LogP) is 7.40. The van der Waals surface area contributed by atoms with E-state index in [1.807, 2.05) is 0 Å². The van der Waals surface area contributed by atoms with Gasteiger partial charge in [-0.1, -0.05) is 90.2 Å². The van der Waals surface area contributed by atoms with Crippen LogP contribution >= 0.6 is 0 Å². The van der Waals surface area contributed by atoms with E-state index in [0.29, 0.717) is 52.9 Å². The van der Waals surface area contributed by atoms with Gasteiger partial charge in [0.15, 0.2) is 0 Å². The summed E-state index contributed by atoms with van der Waals surface area (Å²) in [6.45, 7) is 10.1. The summed E-state index contributed by atoms with van der Waals surface area (Å²) in [6, 6.07) is 8.49. The molecule has 0 N–H and O–H groups in total. The van der Waals surface area contributed by atoms with E-state index < -0.39 is 0 Å². The lowest BCUT2D eigenvalue weighted by Gasteiger charge is -2.09. The van der Waals surface area contributed by atoms with Gasteiger partial charge in [-0.3, -0.25) is 0 Å². The zero-order valence-corrected chi connectivity index (χ0v) is 22.9. The first-order chi connectivity index (χ1) is 17.4. The lowest BCUT2D eigenvalue weighted by atomic mass is 10.0. The number of unbranched alkanes of at least 4 members (excludes halogenated alkanes) is 10. The van der Waals surface area contributed by atoms with Gasteiger partial charge in [-0.05, 0) is 37.0 Å². The van der Waals surface area contributed by atoms with Crippen molar-refractivity contribution in [2.24, 2.45) is 0 Å². The molecule has 1 aromatic carbocycles. The molecule has 0 saturated carbocycles. The smallest absolute Gasteiger partial charge is 0.119 e. The van der Waals surface area contributed by atoms with E-state index >= 15 is 0 Å². The van der Waals surface area contributed by atoms with Gasteiger partial charge in [0.25, 0.3) is 0 Å². The maximum absolute atomic E-state index is 5.76. The predicted molar refractivity (Wildman–Crippen MR) is 146 cm³/mol. The Bertz CT molecular complexity index is 534. The first-order valence-electron chi connectivity index (χ1n) is 14.4. The average Bonchev–Trinajstić information content (AvgIpc) is 2.88. The quantitative estimate of drug-likeness (QED) is 0.119. The normalized spacial score (nSPS) is 11.3. The number of rotatable bonds is 27. The van der Waals surface area contributed by atoms with Gasteiger partial charge in [-0.25, -0.2) is 0 Å². The topological polar surface area (TPSA) is 46.2 Å². The van der Waals surface area contributed by atoms with Crippen LogP contribution in [0.3, 0.4) is 0 Å². The summed E-state index contributed by atoms with van der Waals surface area (Å²) in [6.07, 6.45) is 17.0. The molecule has 0 aromatic heterocycles. The number of benzene rings is 1. The molecule has 35 heavy (non-hydrogen) atoms. The van der Waals surface area contributed by atoms with Gasteiger partial charge in [0.05, 0.1) is 46.2 Å². The Kier molecular flexibility index (Phi) is 23.6. The second-order valence-corrected chi connectivity index (χ2v) is 9.23. The molecule has 0 aliphatic heterocycles. The molecule has 0 atom stereocenters.